The third-order valence-electron chi connectivity index (χ3n) is 5.22. The van der Waals surface area contributed by atoms with Crippen LogP contribution in [0.3, 0.4) is 0 Å². The SMILES string of the molecule is C[C@@H]1CCCCN1C(=S)Sc1c(-c2ccccc2)c2cc(Cl)ccc2[nH]c1=O. The fraction of sp³-hybridized carbons (Fsp3) is 0.273. The molecule has 1 fully saturated rings. The lowest BCUT2D eigenvalue weighted by Gasteiger charge is -2.35. The molecule has 4 rings (SSSR count). The zero-order chi connectivity index (χ0) is 19.7. The first-order chi connectivity index (χ1) is 13.5. The number of aromatic amines is 1. The van der Waals surface area contributed by atoms with E-state index >= 15 is 0 Å². The van der Waals surface area contributed by atoms with Crippen molar-refractivity contribution in [3.8, 4) is 11.1 Å². The normalized spacial score (nSPS) is 17.1. The highest BCUT2D eigenvalue weighted by molar-refractivity contribution is 8.23. The lowest BCUT2D eigenvalue weighted by Crippen LogP contribution is -2.40. The number of H-pyrrole nitrogens is 1. The van der Waals surface area contributed by atoms with E-state index in [0.717, 1.165) is 45.7 Å². The first-order valence-electron chi connectivity index (χ1n) is 9.44. The van der Waals surface area contributed by atoms with Crippen molar-refractivity contribution < 1.29 is 0 Å². The maximum absolute atomic E-state index is 13.0. The summed E-state index contributed by atoms with van der Waals surface area (Å²) < 4.78 is 0.760. The van der Waals surface area contributed by atoms with Crippen LogP contribution in [0.25, 0.3) is 22.0 Å². The number of halogens is 1. The predicted octanol–water partition coefficient (Wildman–Crippen LogP) is 6.10. The van der Waals surface area contributed by atoms with Crippen molar-refractivity contribution in [1.82, 2.24) is 9.88 Å². The molecular weight excluding hydrogens is 408 g/mol. The molecule has 0 amide bonds. The van der Waals surface area contributed by atoms with E-state index in [1.54, 1.807) is 6.07 Å². The number of hydrogen-bond donors (Lipinski definition) is 1. The molecule has 1 N–H and O–H groups in total. The third kappa shape index (κ3) is 3.84. The summed E-state index contributed by atoms with van der Waals surface area (Å²) in [6, 6.07) is 15.9. The lowest BCUT2D eigenvalue weighted by molar-refractivity contribution is 0.267. The summed E-state index contributed by atoms with van der Waals surface area (Å²) >= 11 is 13.4. The average molecular weight is 429 g/mol. The molecule has 0 unspecified atom stereocenters. The largest absolute Gasteiger partial charge is 0.355 e. The summed E-state index contributed by atoms with van der Waals surface area (Å²) in [5.74, 6) is 0. The minimum atomic E-state index is -0.120. The van der Waals surface area contributed by atoms with E-state index < -0.39 is 0 Å². The van der Waals surface area contributed by atoms with Gasteiger partial charge in [0.15, 0.2) is 0 Å². The van der Waals surface area contributed by atoms with Crippen molar-refractivity contribution in [1.29, 1.82) is 0 Å². The summed E-state index contributed by atoms with van der Waals surface area (Å²) in [6.07, 6.45) is 3.51. The molecule has 28 heavy (non-hydrogen) atoms. The first kappa shape index (κ1) is 19.5. The molecule has 3 aromatic rings. The Bertz CT molecular complexity index is 1080. The second kappa shape index (κ2) is 8.27. The van der Waals surface area contributed by atoms with Crippen LogP contribution in [-0.2, 0) is 0 Å². The van der Waals surface area contributed by atoms with E-state index in [1.807, 2.05) is 42.5 Å². The van der Waals surface area contributed by atoms with Crippen LogP contribution in [0.4, 0.5) is 0 Å². The molecule has 0 saturated carbocycles. The Kier molecular flexibility index (Phi) is 5.76. The highest BCUT2D eigenvalue weighted by Gasteiger charge is 2.24. The van der Waals surface area contributed by atoms with Gasteiger partial charge in [-0.15, -0.1) is 0 Å². The van der Waals surface area contributed by atoms with E-state index in [1.165, 1.54) is 18.2 Å². The molecular formula is C22H21ClN2OS2. The van der Waals surface area contributed by atoms with Crippen molar-refractivity contribution in [2.24, 2.45) is 0 Å². The molecule has 2 aromatic carbocycles. The number of nitrogens with one attached hydrogen (secondary N) is 1. The second-order valence-electron chi connectivity index (χ2n) is 7.12. The number of piperidine rings is 1. The number of thioether (sulfide) groups is 1. The topological polar surface area (TPSA) is 36.1 Å². The van der Waals surface area contributed by atoms with Crippen molar-refractivity contribution in [3.63, 3.8) is 0 Å². The summed E-state index contributed by atoms with van der Waals surface area (Å²) in [7, 11) is 0. The maximum Gasteiger partial charge on any atom is 0.263 e. The Hall–Kier alpha value is -1.82. The summed E-state index contributed by atoms with van der Waals surface area (Å²) in [5, 5.41) is 1.57. The van der Waals surface area contributed by atoms with Gasteiger partial charge in [-0.05, 0) is 49.9 Å². The second-order valence-corrected chi connectivity index (χ2v) is 9.20. The van der Waals surface area contributed by atoms with Crippen LogP contribution in [0.2, 0.25) is 5.02 Å². The highest BCUT2D eigenvalue weighted by Crippen LogP contribution is 2.37. The number of aromatic nitrogens is 1. The smallest absolute Gasteiger partial charge is 0.263 e. The summed E-state index contributed by atoms with van der Waals surface area (Å²) in [4.78, 5) is 18.9. The van der Waals surface area contributed by atoms with E-state index in [4.69, 9.17) is 23.8 Å². The number of thiocarbonyl (C=S) groups is 1. The Morgan fingerprint density at radius 2 is 2.00 bits per heavy atom. The standard InChI is InChI=1S/C22H21ClN2OS2/c1-14-7-5-6-12-25(14)22(27)28-20-19(15-8-3-2-4-9-15)17-13-16(23)10-11-18(17)24-21(20)26/h2-4,8-11,13-14H,5-7,12H2,1H3,(H,24,26)/t14-/m1/s1. The van der Waals surface area contributed by atoms with Crippen LogP contribution >= 0.6 is 35.6 Å². The summed E-state index contributed by atoms with van der Waals surface area (Å²) in [6.45, 7) is 3.15. The van der Waals surface area contributed by atoms with E-state index in [0.29, 0.717) is 16.0 Å². The molecule has 0 radical (unpaired) electrons. The van der Waals surface area contributed by atoms with E-state index in [-0.39, 0.29) is 5.56 Å². The molecule has 1 aromatic heterocycles. The predicted molar refractivity (Wildman–Crippen MR) is 123 cm³/mol. The van der Waals surface area contributed by atoms with Crippen LogP contribution in [0, 0.1) is 0 Å². The Labute approximate surface area is 179 Å². The van der Waals surface area contributed by atoms with Gasteiger partial charge in [0.05, 0.1) is 4.90 Å². The van der Waals surface area contributed by atoms with Crippen molar-refractivity contribution in [2.75, 3.05) is 6.54 Å². The van der Waals surface area contributed by atoms with Crippen molar-refractivity contribution >= 4 is 50.8 Å². The zero-order valence-electron chi connectivity index (χ0n) is 15.6. The van der Waals surface area contributed by atoms with Crippen LogP contribution in [0.1, 0.15) is 26.2 Å². The quantitative estimate of drug-likeness (QED) is 0.395. The molecule has 3 nitrogen and oxygen atoms in total. The molecule has 1 aliphatic heterocycles. The minimum Gasteiger partial charge on any atom is -0.355 e. The summed E-state index contributed by atoms with van der Waals surface area (Å²) in [5.41, 5.74) is 2.53. The molecule has 6 heteroatoms. The van der Waals surface area contributed by atoms with Crippen LogP contribution in [0.15, 0.2) is 58.2 Å². The van der Waals surface area contributed by atoms with E-state index in [2.05, 4.69) is 16.8 Å². The molecule has 0 aliphatic carbocycles. The van der Waals surface area contributed by atoms with Gasteiger partial charge in [-0.3, -0.25) is 4.79 Å². The number of hydrogen-bond acceptors (Lipinski definition) is 3. The minimum absolute atomic E-state index is 0.120. The highest BCUT2D eigenvalue weighted by atomic mass is 35.5. The van der Waals surface area contributed by atoms with Gasteiger partial charge in [0.2, 0.25) is 0 Å². The van der Waals surface area contributed by atoms with Gasteiger partial charge >= 0.3 is 0 Å². The van der Waals surface area contributed by atoms with Gasteiger partial charge in [-0.25, -0.2) is 0 Å². The Balaban J connectivity index is 1.86. The monoisotopic (exact) mass is 428 g/mol. The van der Waals surface area contributed by atoms with Gasteiger partial charge < -0.3 is 9.88 Å². The molecule has 1 atom stereocenters. The Morgan fingerprint density at radius 1 is 1.21 bits per heavy atom. The maximum atomic E-state index is 13.0. The number of likely N-dealkylation sites (tertiary alicyclic amines) is 1. The Morgan fingerprint density at radius 3 is 2.75 bits per heavy atom. The molecule has 1 aliphatic rings. The first-order valence-corrected chi connectivity index (χ1v) is 11.0. The van der Waals surface area contributed by atoms with Gasteiger partial charge in [0.1, 0.15) is 4.32 Å². The van der Waals surface area contributed by atoms with Crippen LogP contribution in [0.5, 0.6) is 0 Å². The molecule has 1 saturated heterocycles. The molecule has 0 bridgehead atoms. The number of nitrogens with zero attached hydrogens (tertiary/aromatic N) is 1. The molecule has 0 spiro atoms. The van der Waals surface area contributed by atoms with Gasteiger partial charge in [-0.1, -0.05) is 65.9 Å². The van der Waals surface area contributed by atoms with Gasteiger partial charge in [0.25, 0.3) is 5.56 Å². The van der Waals surface area contributed by atoms with Crippen molar-refractivity contribution in [2.45, 2.75) is 37.1 Å². The van der Waals surface area contributed by atoms with Crippen LogP contribution in [-0.4, -0.2) is 26.8 Å². The number of rotatable bonds is 2. The van der Waals surface area contributed by atoms with E-state index in [9.17, 15) is 4.79 Å². The third-order valence-corrected chi connectivity index (χ3v) is 6.94. The zero-order valence-corrected chi connectivity index (χ0v) is 18.0. The molecule has 2 heterocycles. The number of benzene rings is 2. The molecule has 144 valence electrons. The fourth-order valence-corrected chi connectivity index (χ4v) is 5.48. The van der Waals surface area contributed by atoms with Crippen molar-refractivity contribution in [3.05, 3.63) is 63.9 Å². The van der Waals surface area contributed by atoms with Crippen LogP contribution < -0.4 is 5.56 Å². The van der Waals surface area contributed by atoms with Gasteiger partial charge in [0, 0.05) is 34.1 Å². The average Bonchev–Trinajstić information content (AvgIpc) is 2.70. The van der Waals surface area contributed by atoms with Gasteiger partial charge in [-0.2, -0.15) is 0 Å². The lowest BCUT2D eigenvalue weighted by atomic mass is 10.0. The number of pyridine rings is 1. The number of fused-ring (bicyclic) bond motifs is 1. The fourth-order valence-electron chi connectivity index (χ4n) is 3.75.